The molecule has 0 aliphatic carbocycles. The van der Waals surface area contributed by atoms with Crippen molar-refractivity contribution < 1.29 is 9.15 Å². The van der Waals surface area contributed by atoms with Crippen LogP contribution < -0.4 is 0 Å². The van der Waals surface area contributed by atoms with E-state index in [1.54, 1.807) is 13.4 Å². The van der Waals surface area contributed by atoms with Crippen molar-refractivity contribution in [1.29, 1.82) is 0 Å². The van der Waals surface area contributed by atoms with E-state index in [2.05, 4.69) is 5.92 Å². The van der Waals surface area contributed by atoms with Crippen molar-refractivity contribution in [3.8, 4) is 12.3 Å². The van der Waals surface area contributed by atoms with E-state index in [4.69, 9.17) is 15.6 Å². The van der Waals surface area contributed by atoms with Gasteiger partial charge in [-0.25, -0.2) is 0 Å². The molecule has 0 saturated heterocycles. The molecule has 1 heterocycles. The Kier molecular flexibility index (Phi) is 2.79. The third-order valence-electron chi connectivity index (χ3n) is 1.98. The second-order valence-electron chi connectivity index (χ2n) is 3.48. The molecule has 2 nitrogen and oxygen atoms in total. The second kappa shape index (κ2) is 3.68. The Hall–Kier alpha value is -1.20. The average molecular weight is 178 g/mol. The third-order valence-corrected chi connectivity index (χ3v) is 1.98. The molecule has 0 aliphatic heterocycles. The van der Waals surface area contributed by atoms with E-state index >= 15 is 0 Å². The Morgan fingerprint density at radius 2 is 2.31 bits per heavy atom. The first-order valence-electron chi connectivity index (χ1n) is 4.15. The summed E-state index contributed by atoms with van der Waals surface area (Å²) in [6, 6.07) is 1.89. The quantitative estimate of drug-likeness (QED) is 0.663. The zero-order chi connectivity index (χ0) is 9.90. The summed E-state index contributed by atoms with van der Waals surface area (Å²) in [5.41, 5.74) is 0.655. The van der Waals surface area contributed by atoms with Gasteiger partial charge in [-0.15, -0.1) is 6.42 Å². The Labute approximate surface area is 78.9 Å². The van der Waals surface area contributed by atoms with E-state index in [1.165, 1.54) is 0 Å². The molecule has 13 heavy (non-hydrogen) atoms. The largest absolute Gasteiger partial charge is 0.467 e. The van der Waals surface area contributed by atoms with Gasteiger partial charge in [-0.2, -0.15) is 0 Å². The fraction of sp³-hybridized carbons (Fsp3) is 0.455. The minimum absolute atomic E-state index is 0.364. The lowest BCUT2D eigenvalue weighted by Gasteiger charge is -2.15. The molecule has 0 radical (unpaired) electrons. The van der Waals surface area contributed by atoms with Crippen LogP contribution in [0.4, 0.5) is 0 Å². The molecule has 0 aliphatic rings. The Morgan fingerprint density at radius 1 is 1.62 bits per heavy atom. The number of methoxy groups -OCH3 is 1. The zero-order valence-electron chi connectivity index (χ0n) is 8.26. The second-order valence-corrected chi connectivity index (χ2v) is 3.48. The highest BCUT2D eigenvalue weighted by Crippen LogP contribution is 2.26. The summed E-state index contributed by atoms with van der Waals surface area (Å²) in [6.45, 7) is 4.44. The summed E-state index contributed by atoms with van der Waals surface area (Å²) in [7, 11) is 1.65. The first kappa shape index (κ1) is 9.88. The van der Waals surface area contributed by atoms with Crippen molar-refractivity contribution in [3.05, 3.63) is 23.7 Å². The minimum atomic E-state index is -0.364. The van der Waals surface area contributed by atoms with Crippen LogP contribution in [0.5, 0.6) is 0 Å². The molecule has 0 aromatic carbocycles. The molecular formula is C11H14O2. The molecule has 1 rings (SSSR count). The summed E-state index contributed by atoms with van der Waals surface area (Å²) >= 11 is 0. The summed E-state index contributed by atoms with van der Waals surface area (Å²) in [5.74, 6) is 3.51. The normalized spacial score (nSPS) is 11.2. The van der Waals surface area contributed by atoms with Crippen LogP contribution in [-0.4, -0.2) is 7.11 Å². The topological polar surface area (TPSA) is 22.4 Å². The van der Waals surface area contributed by atoms with Gasteiger partial charge in [0, 0.05) is 12.7 Å². The van der Waals surface area contributed by atoms with Gasteiger partial charge in [-0.05, 0) is 19.9 Å². The van der Waals surface area contributed by atoms with Gasteiger partial charge in [-0.3, -0.25) is 0 Å². The van der Waals surface area contributed by atoms with E-state index < -0.39 is 0 Å². The summed E-state index contributed by atoms with van der Waals surface area (Å²) in [4.78, 5) is 0. The predicted octanol–water partition coefficient (Wildman–Crippen LogP) is 2.34. The molecule has 0 fully saturated rings. The maximum Gasteiger partial charge on any atom is 0.126 e. The van der Waals surface area contributed by atoms with E-state index in [-0.39, 0.29) is 5.41 Å². The highest BCUT2D eigenvalue weighted by Gasteiger charge is 2.24. The standard InChI is InChI=1S/C11H14O2/c1-5-11(2,3)10-9(8-12-4)6-7-13-10/h1,6-7H,8H2,2-4H3. The molecular weight excluding hydrogens is 164 g/mol. The van der Waals surface area contributed by atoms with Crippen LogP contribution in [0.1, 0.15) is 25.2 Å². The van der Waals surface area contributed by atoms with Gasteiger partial charge in [0.2, 0.25) is 0 Å². The predicted molar refractivity (Wildman–Crippen MR) is 51.3 cm³/mol. The lowest BCUT2D eigenvalue weighted by Crippen LogP contribution is -2.15. The van der Waals surface area contributed by atoms with E-state index in [0.29, 0.717) is 6.61 Å². The number of hydrogen-bond acceptors (Lipinski definition) is 2. The minimum Gasteiger partial charge on any atom is -0.467 e. The van der Waals surface area contributed by atoms with E-state index in [0.717, 1.165) is 11.3 Å². The Balaban J connectivity index is 3.01. The van der Waals surface area contributed by atoms with Gasteiger partial charge in [0.25, 0.3) is 0 Å². The zero-order valence-corrected chi connectivity index (χ0v) is 8.26. The molecule has 1 aromatic heterocycles. The van der Waals surface area contributed by atoms with Crippen LogP contribution >= 0.6 is 0 Å². The fourth-order valence-electron chi connectivity index (χ4n) is 1.22. The van der Waals surface area contributed by atoms with Crippen molar-refractivity contribution in [2.45, 2.75) is 25.9 Å². The summed E-state index contributed by atoms with van der Waals surface area (Å²) in [5, 5.41) is 0. The summed E-state index contributed by atoms with van der Waals surface area (Å²) in [6.07, 6.45) is 7.05. The maximum absolute atomic E-state index is 5.41. The third kappa shape index (κ3) is 1.93. The number of ether oxygens (including phenoxy) is 1. The van der Waals surface area contributed by atoms with Gasteiger partial charge in [0.05, 0.1) is 18.3 Å². The number of furan rings is 1. The molecule has 70 valence electrons. The Morgan fingerprint density at radius 3 is 2.85 bits per heavy atom. The highest BCUT2D eigenvalue weighted by molar-refractivity contribution is 5.30. The van der Waals surface area contributed by atoms with Gasteiger partial charge in [-0.1, -0.05) is 5.92 Å². The van der Waals surface area contributed by atoms with Crippen LogP contribution in [0.15, 0.2) is 16.7 Å². The maximum atomic E-state index is 5.41. The smallest absolute Gasteiger partial charge is 0.126 e. The fourth-order valence-corrected chi connectivity index (χ4v) is 1.22. The average Bonchev–Trinajstić information content (AvgIpc) is 2.54. The van der Waals surface area contributed by atoms with Crippen LogP contribution in [0, 0.1) is 12.3 Å². The lowest BCUT2D eigenvalue weighted by molar-refractivity contribution is 0.182. The first-order chi connectivity index (χ1) is 6.11. The molecule has 0 bridgehead atoms. The highest BCUT2D eigenvalue weighted by atomic mass is 16.5. The molecule has 0 N–H and O–H groups in total. The van der Waals surface area contributed by atoms with Gasteiger partial charge in [0.15, 0.2) is 0 Å². The van der Waals surface area contributed by atoms with Crippen LogP contribution in [-0.2, 0) is 16.8 Å². The van der Waals surface area contributed by atoms with E-state index in [1.807, 2.05) is 19.9 Å². The van der Waals surface area contributed by atoms with Crippen LogP contribution in [0.25, 0.3) is 0 Å². The number of hydrogen-bond donors (Lipinski definition) is 0. The monoisotopic (exact) mass is 178 g/mol. The number of rotatable bonds is 3. The van der Waals surface area contributed by atoms with Gasteiger partial charge >= 0.3 is 0 Å². The van der Waals surface area contributed by atoms with Crippen LogP contribution in [0.2, 0.25) is 0 Å². The van der Waals surface area contributed by atoms with Gasteiger partial charge in [0.1, 0.15) is 5.76 Å². The SMILES string of the molecule is C#CC(C)(C)c1occc1COC. The summed E-state index contributed by atoms with van der Waals surface area (Å²) < 4.78 is 10.4. The molecule has 0 saturated carbocycles. The van der Waals surface area contributed by atoms with E-state index in [9.17, 15) is 0 Å². The molecule has 0 spiro atoms. The van der Waals surface area contributed by atoms with Crippen molar-refractivity contribution in [3.63, 3.8) is 0 Å². The van der Waals surface area contributed by atoms with Crippen LogP contribution in [0.3, 0.4) is 0 Å². The van der Waals surface area contributed by atoms with Crippen molar-refractivity contribution in [2.24, 2.45) is 0 Å². The number of terminal acetylenes is 1. The van der Waals surface area contributed by atoms with Crippen molar-refractivity contribution in [2.75, 3.05) is 7.11 Å². The van der Waals surface area contributed by atoms with Crippen molar-refractivity contribution >= 4 is 0 Å². The molecule has 1 aromatic rings. The Bertz CT molecular complexity index is 315. The molecule has 0 unspecified atom stereocenters. The molecule has 0 amide bonds. The van der Waals surface area contributed by atoms with Gasteiger partial charge < -0.3 is 9.15 Å². The first-order valence-corrected chi connectivity index (χ1v) is 4.15. The van der Waals surface area contributed by atoms with Crippen molar-refractivity contribution in [1.82, 2.24) is 0 Å². The lowest BCUT2D eigenvalue weighted by atomic mass is 9.89. The molecule has 2 heteroatoms. The molecule has 0 atom stereocenters.